The number of hydrogen-bond donors (Lipinski definition) is 2. The normalized spacial score (nSPS) is 23.5. The number of nitrogens with one attached hydrogen (secondary N) is 2. The summed E-state index contributed by atoms with van der Waals surface area (Å²) in [5.74, 6) is 1.06. The Morgan fingerprint density at radius 2 is 2.31 bits per heavy atom. The molecule has 1 aliphatic rings. The molecule has 0 aromatic rings. The van der Waals surface area contributed by atoms with Crippen molar-refractivity contribution >= 4 is 21.8 Å². The minimum Gasteiger partial charge on any atom is -0.313 e. The predicted molar refractivity (Wildman–Crippen MR) is 70.4 cm³/mol. The van der Waals surface area contributed by atoms with Crippen LogP contribution in [0.1, 0.15) is 26.2 Å². The number of rotatable bonds is 7. The largest absolute Gasteiger partial charge is 0.313 e. The second-order valence-corrected chi connectivity index (χ2v) is 6.96. The smallest absolute Gasteiger partial charge is 0.213 e. The summed E-state index contributed by atoms with van der Waals surface area (Å²) in [6, 6.07) is 0.214. The van der Waals surface area contributed by atoms with Crippen LogP contribution >= 0.6 is 11.8 Å². The Kier molecular flexibility index (Phi) is 6.10. The molecule has 1 heterocycles. The number of sulfonamides is 1. The van der Waals surface area contributed by atoms with Crippen LogP contribution in [0, 0.1) is 0 Å². The first-order chi connectivity index (χ1) is 7.57. The molecule has 0 radical (unpaired) electrons. The molecule has 0 aromatic carbocycles. The van der Waals surface area contributed by atoms with Gasteiger partial charge in [-0.15, -0.1) is 0 Å². The molecule has 1 fully saturated rings. The van der Waals surface area contributed by atoms with Gasteiger partial charge in [-0.25, -0.2) is 13.1 Å². The molecule has 16 heavy (non-hydrogen) atoms. The molecule has 0 bridgehead atoms. The molecule has 0 spiro atoms. The van der Waals surface area contributed by atoms with E-state index >= 15 is 0 Å². The number of thioether (sulfide) groups is 1. The van der Waals surface area contributed by atoms with Gasteiger partial charge in [0.15, 0.2) is 0 Å². The zero-order valence-electron chi connectivity index (χ0n) is 10.0. The maximum absolute atomic E-state index is 11.9. The summed E-state index contributed by atoms with van der Waals surface area (Å²) in [7, 11) is -3.12. The van der Waals surface area contributed by atoms with E-state index in [4.69, 9.17) is 0 Å². The van der Waals surface area contributed by atoms with Crippen LogP contribution in [0.3, 0.4) is 0 Å². The van der Waals surface area contributed by atoms with Gasteiger partial charge in [-0.1, -0.05) is 6.92 Å². The summed E-state index contributed by atoms with van der Waals surface area (Å²) in [6.07, 6.45) is 4.90. The monoisotopic (exact) mass is 266 g/mol. The zero-order valence-corrected chi connectivity index (χ0v) is 11.7. The van der Waals surface area contributed by atoms with E-state index in [1.165, 1.54) is 0 Å². The van der Waals surface area contributed by atoms with Gasteiger partial charge in [-0.2, -0.15) is 11.8 Å². The molecule has 1 saturated heterocycles. The summed E-state index contributed by atoms with van der Waals surface area (Å²) in [5.41, 5.74) is 0. The number of hydrogen-bond acceptors (Lipinski definition) is 4. The molecule has 2 N–H and O–H groups in total. The topological polar surface area (TPSA) is 58.2 Å². The van der Waals surface area contributed by atoms with Crippen LogP contribution in [0.4, 0.5) is 0 Å². The van der Waals surface area contributed by atoms with Gasteiger partial charge in [-0.05, 0) is 32.1 Å². The van der Waals surface area contributed by atoms with Gasteiger partial charge in [0, 0.05) is 17.8 Å². The second-order valence-electron chi connectivity index (χ2n) is 4.25. The first-order valence-electron chi connectivity index (χ1n) is 5.79. The second kappa shape index (κ2) is 6.83. The van der Waals surface area contributed by atoms with E-state index in [1.807, 2.05) is 13.2 Å². The lowest BCUT2D eigenvalue weighted by Gasteiger charge is -2.18. The maximum atomic E-state index is 11.9. The lowest BCUT2D eigenvalue weighted by molar-refractivity contribution is 0.544. The molecule has 2 unspecified atom stereocenters. The third-order valence-electron chi connectivity index (χ3n) is 2.79. The van der Waals surface area contributed by atoms with Gasteiger partial charge < -0.3 is 5.32 Å². The van der Waals surface area contributed by atoms with Crippen molar-refractivity contribution in [3.8, 4) is 0 Å². The molecule has 1 aliphatic heterocycles. The van der Waals surface area contributed by atoms with Crippen LogP contribution in [-0.4, -0.2) is 44.8 Å². The molecular formula is C10H22N2O2S2. The Balaban J connectivity index is 2.42. The van der Waals surface area contributed by atoms with E-state index in [0.29, 0.717) is 0 Å². The van der Waals surface area contributed by atoms with E-state index in [-0.39, 0.29) is 17.8 Å². The lowest BCUT2D eigenvalue weighted by Crippen LogP contribution is -2.42. The van der Waals surface area contributed by atoms with E-state index < -0.39 is 10.0 Å². The van der Waals surface area contributed by atoms with E-state index in [9.17, 15) is 8.42 Å². The summed E-state index contributed by atoms with van der Waals surface area (Å²) in [4.78, 5) is 0. The Hall–Kier alpha value is 0.220. The van der Waals surface area contributed by atoms with E-state index in [0.717, 1.165) is 31.6 Å². The quantitative estimate of drug-likeness (QED) is 0.715. The minimum atomic E-state index is -3.12. The van der Waals surface area contributed by atoms with Crippen molar-refractivity contribution in [2.75, 3.05) is 24.3 Å². The average molecular weight is 266 g/mol. The van der Waals surface area contributed by atoms with Crippen molar-refractivity contribution in [1.82, 2.24) is 10.0 Å². The fraction of sp³-hybridized carbons (Fsp3) is 1.00. The zero-order chi connectivity index (χ0) is 12.0. The van der Waals surface area contributed by atoms with Gasteiger partial charge in [0.2, 0.25) is 10.0 Å². The Morgan fingerprint density at radius 1 is 1.56 bits per heavy atom. The molecule has 1 rings (SSSR count). The van der Waals surface area contributed by atoms with Crippen LogP contribution in [0.25, 0.3) is 0 Å². The molecule has 0 aliphatic carbocycles. The first-order valence-corrected chi connectivity index (χ1v) is 8.84. The molecule has 2 atom stereocenters. The summed E-state index contributed by atoms with van der Waals surface area (Å²) >= 11 is 1.68. The molecule has 0 aromatic heterocycles. The van der Waals surface area contributed by atoms with Gasteiger partial charge in [0.1, 0.15) is 0 Å². The van der Waals surface area contributed by atoms with Crippen LogP contribution in [-0.2, 0) is 10.0 Å². The molecule has 4 nitrogen and oxygen atoms in total. The third-order valence-corrected chi connectivity index (χ3v) is 5.06. The van der Waals surface area contributed by atoms with Gasteiger partial charge in [0.05, 0.1) is 5.75 Å². The highest BCUT2D eigenvalue weighted by Crippen LogP contribution is 2.09. The standard InChI is InChI=1S/C10H22N2O2S2/c1-3-9(7-15-2)12-16(13,14)8-10-5-4-6-11-10/h9-12H,3-8H2,1-2H3. The average Bonchev–Trinajstić information content (AvgIpc) is 2.68. The highest BCUT2D eigenvalue weighted by atomic mass is 32.2. The fourth-order valence-corrected chi connectivity index (χ4v) is 4.40. The van der Waals surface area contributed by atoms with Gasteiger partial charge in [-0.3, -0.25) is 0 Å². The molecule has 6 heteroatoms. The molecule has 0 amide bonds. The molecule has 96 valence electrons. The van der Waals surface area contributed by atoms with Crippen molar-refractivity contribution in [2.45, 2.75) is 38.3 Å². The highest BCUT2D eigenvalue weighted by Gasteiger charge is 2.23. The molecular weight excluding hydrogens is 244 g/mol. The minimum absolute atomic E-state index is 0.0707. The highest BCUT2D eigenvalue weighted by molar-refractivity contribution is 7.98. The lowest BCUT2D eigenvalue weighted by atomic mass is 10.3. The van der Waals surface area contributed by atoms with Crippen LogP contribution < -0.4 is 10.0 Å². The van der Waals surface area contributed by atoms with E-state index in [2.05, 4.69) is 10.0 Å². The first kappa shape index (κ1) is 14.3. The van der Waals surface area contributed by atoms with Crippen LogP contribution in [0.15, 0.2) is 0 Å². The third kappa shape index (κ3) is 5.03. The van der Waals surface area contributed by atoms with Crippen molar-refractivity contribution in [2.24, 2.45) is 0 Å². The van der Waals surface area contributed by atoms with Gasteiger partial charge >= 0.3 is 0 Å². The maximum Gasteiger partial charge on any atom is 0.213 e. The van der Waals surface area contributed by atoms with Crippen molar-refractivity contribution in [3.05, 3.63) is 0 Å². The van der Waals surface area contributed by atoms with Gasteiger partial charge in [0.25, 0.3) is 0 Å². The Labute approximate surface area is 103 Å². The fourth-order valence-electron chi connectivity index (χ4n) is 1.90. The summed E-state index contributed by atoms with van der Waals surface area (Å²) in [5, 5.41) is 3.21. The molecule has 0 saturated carbocycles. The SMILES string of the molecule is CCC(CSC)NS(=O)(=O)CC1CCCN1. The Morgan fingerprint density at radius 3 is 2.81 bits per heavy atom. The van der Waals surface area contributed by atoms with Crippen LogP contribution in [0.5, 0.6) is 0 Å². The van der Waals surface area contributed by atoms with Crippen molar-refractivity contribution in [1.29, 1.82) is 0 Å². The Bertz CT molecular complexity index is 287. The van der Waals surface area contributed by atoms with Crippen molar-refractivity contribution in [3.63, 3.8) is 0 Å². The summed E-state index contributed by atoms with van der Waals surface area (Å²) < 4.78 is 26.5. The van der Waals surface area contributed by atoms with Crippen LogP contribution in [0.2, 0.25) is 0 Å². The van der Waals surface area contributed by atoms with E-state index in [1.54, 1.807) is 11.8 Å². The predicted octanol–water partition coefficient (Wildman–Crippen LogP) is 0.799. The van der Waals surface area contributed by atoms with Crippen molar-refractivity contribution < 1.29 is 8.42 Å². The summed E-state index contributed by atoms with van der Waals surface area (Å²) in [6.45, 7) is 2.96.